The fourth-order valence-corrected chi connectivity index (χ4v) is 4.78. The molecule has 144 valence electrons. The molecular weight excluding hydrogens is 384 g/mol. The van der Waals surface area contributed by atoms with Gasteiger partial charge in [-0.15, -0.1) is 0 Å². The van der Waals surface area contributed by atoms with Gasteiger partial charge in [-0.25, -0.2) is 0 Å². The first-order valence-corrected chi connectivity index (χ1v) is 10.1. The molecule has 0 bridgehead atoms. The molecule has 1 atom stereocenters. The monoisotopic (exact) mass is 402 g/mol. The maximum absolute atomic E-state index is 13.7. The van der Waals surface area contributed by atoms with Crippen molar-refractivity contribution in [1.29, 1.82) is 0 Å². The van der Waals surface area contributed by atoms with Crippen molar-refractivity contribution in [2.75, 3.05) is 13.1 Å². The molecule has 0 aliphatic carbocycles. The van der Waals surface area contributed by atoms with Gasteiger partial charge in [-0.05, 0) is 36.8 Å². The smallest absolute Gasteiger partial charge is 0.256 e. The van der Waals surface area contributed by atoms with Crippen molar-refractivity contribution in [1.82, 2.24) is 9.80 Å². The molecule has 29 heavy (non-hydrogen) atoms. The van der Waals surface area contributed by atoms with Crippen LogP contribution >= 0.6 is 11.6 Å². The topological polar surface area (TPSA) is 40.6 Å². The number of hydrogen-bond acceptors (Lipinski definition) is 2. The third kappa shape index (κ3) is 2.52. The summed E-state index contributed by atoms with van der Waals surface area (Å²) < 4.78 is 0. The molecule has 1 saturated heterocycles. The average molecular weight is 403 g/mol. The van der Waals surface area contributed by atoms with Gasteiger partial charge < -0.3 is 9.80 Å². The van der Waals surface area contributed by atoms with Gasteiger partial charge in [0.15, 0.2) is 5.66 Å². The van der Waals surface area contributed by atoms with E-state index >= 15 is 0 Å². The average Bonchev–Trinajstić information content (AvgIpc) is 3.04. The van der Waals surface area contributed by atoms with E-state index in [9.17, 15) is 9.59 Å². The Balaban J connectivity index is 1.78. The largest absolute Gasteiger partial charge is 0.307 e. The van der Waals surface area contributed by atoms with Crippen molar-refractivity contribution in [2.24, 2.45) is 0 Å². The molecule has 5 rings (SSSR count). The number of carbonyl (C=O) groups is 2. The zero-order valence-corrected chi connectivity index (χ0v) is 16.5. The molecule has 0 spiro atoms. The lowest BCUT2D eigenvalue weighted by Gasteiger charge is -2.51. The zero-order valence-electron chi connectivity index (χ0n) is 15.7. The molecule has 2 aliphatic heterocycles. The Hall–Kier alpha value is -3.11. The van der Waals surface area contributed by atoms with Crippen LogP contribution in [0.4, 0.5) is 0 Å². The lowest BCUT2D eigenvalue weighted by Crippen LogP contribution is -2.62. The van der Waals surface area contributed by atoms with E-state index in [-0.39, 0.29) is 11.8 Å². The number of rotatable bonds is 2. The minimum absolute atomic E-state index is 0.0406. The van der Waals surface area contributed by atoms with Gasteiger partial charge in [0.1, 0.15) is 0 Å². The predicted molar refractivity (Wildman–Crippen MR) is 112 cm³/mol. The lowest BCUT2D eigenvalue weighted by molar-refractivity contribution is -0.0248. The van der Waals surface area contributed by atoms with Crippen LogP contribution < -0.4 is 0 Å². The highest BCUT2D eigenvalue weighted by atomic mass is 35.5. The third-order valence-electron chi connectivity index (χ3n) is 5.84. The SMILES string of the molecule is O=C(c1ccccc1)N1CCCN2C(=O)c3ccccc3C12c1ccc(Cl)cc1. The third-order valence-corrected chi connectivity index (χ3v) is 6.09. The fourth-order valence-electron chi connectivity index (χ4n) is 4.65. The van der Waals surface area contributed by atoms with Crippen LogP contribution in [0.3, 0.4) is 0 Å². The minimum atomic E-state index is -0.969. The van der Waals surface area contributed by atoms with Crippen molar-refractivity contribution < 1.29 is 9.59 Å². The highest BCUT2D eigenvalue weighted by Crippen LogP contribution is 2.49. The highest BCUT2D eigenvalue weighted by molar-refractivity contribution is 6.30. The van der Waals surface area contributed by atoms with E-state index in [0.29, 0.717) is 29.2 Å². The van der Waals surface area contributed by atoms with Gasteiger partial charge in [-0.2, -0.15) is 0 Å². The number of benzene rings is 3. The van der Waals surface area contributed by atoms with Crippen LogP contribution in [0.1, 0.15) is 38.3 Å². The van der Waals surface area contributed by atoms with E-state index < -0.39 is 5.66 Å². The van der Waals surface area contributed by atoms with Gasteiger partial charge in [0.25, 0.3) is 11.8 Å². The normalized spacial score (nSPS) is 20.4. The van der Waals surface area contributed by atoms with E-state index in [1.54, 1.807) is 0 Å². The molecule has 1 fully saturated rings. The summed E-state index contributed by atoms with van der Waals surface area (Å²) in [5.74, 6) is -0.129. The Bertz CT molecular complexity index is 1100. The van der Waals surface area contributed by atoms with Gasteiger partial charge >= 0.3 is 0 Å². The second-order valence-electron chi connectivity index (χ2n) is 7.36. The Labute approximate surface area is 174 Å². The molecular formula is C24H19ClN2O2. The summed E-state index contributed by atoms with van der Waals surface area (Å²) in [6, 6.07) is 24.3. The van der Waals surface area contributed by atoms with Crippen LogP contribution in [0.5, 0.6) is 0 Å². The van der Waals surface area contributed by atoms with Gasteiger partial charge in [0.2, 0.25) is 0 Å². The number of fused-ring (bicyclic) bond motifs is 3. The van der Waals surface area contributed by atoms with E-state index in [2.05, 4.69) is 0 Å². The Morgan fingerprint density at radius 2 is 1.55 bits per heavy atom. The summed E-state index contributed by atoms with van der Waals surface area (Å²) in [7, 11) is 0. The van der Waals surface area contributed by atoms with E-state index in [1.165, 1.54) is 0 Å². The number of amides is 2. The molecule has 1 unspecified atom stereocenters. The lowest BCUT2D eigenvalue weighted by atomic mass is 9.86. The number of carbonyl (C=O) groups excluding carboxylic acids is 2. The minimum Gasteiger partial charge on any atom is -0.307 e. The molecule has 2 aliphatic rings. The second kappa shape index (κ2) is 6.75. The molecule has 4 nitrogen and oxygen atoms in total. The van der Waals surface area contributed by atoms with Crippen LogP contribution in [0.2, 0.25) is 5.02 Å². The summed E-state index contributed by atoms with van der Waals surface area (Å²) in [6.45, 7) is 1.16. The van der Waals surface area contributed by atoms with E-state index in [4.69, 9.17) is 11.6 Å². The number of nitrogens with zero attached hydrogens (tertiary/aromatic N) is 2. The predicted octanol–water partition coefficient (Wildman–Crippen LogP) is 4.54. The first-order valence-electron chi connectivity index (χ1n) is 9.68. The molecule has 2 heterocycles. The second-order valence-corrected chi connectivity index (χ2v) is 7.79. The van der Waals surface area contributed by atoms with Crippen LogP contribution in [-0.2, 0) is 5.66 Å². The molecule has 2 amide bonds. The fraction of sp³-hybridized carbons (Fsp3) is 0.167. The van der Waals surface area contributed by atoms with Crippen LogP contribution in [-0.4, -0.2) is 34.7 Å². The zero-order chi connectivity index (χ0) is 20.0. The van der Waals surface area contributed by atoms with Gasteiger partial charge in [0.05, 0.1) is 0 Å². The Morgan fingerprint density at radius 1 is 0.862 bits per heavy atom. The Kier molecular flexibility index (Phi) is 4.18. The van der Waals surface area contributed by atoms with Crippen LogP contribution in [0, 0.1) is 0 Å². The number of halogens is 1. The first-order chi connectivity index (χ1) is 14.1. The van der Waals surface area contributed by atoms with Crippen molar-refractivity contribution in [3.63, 3.8) is 0 Å². The van der Waals surface area contributed by atoms with E-state index in [0.717, 1.165) is 17.5 Å². The van der Waals surface area contributed by atoms with Crippen molar-refractivity contribution in [2.45, 2.75) is 12.1 Å². The summed E-state index contributed by atoms with van der Waals surface area (Å²) in [6.07, 6.45) is 0.730. The molecule has 0 N–H and O–H groups in total. The molecule has 5 heteroatoms. The molecule has 3 aromatic carbocycles. The summed E-state index contributed by atoms with van der Waals surface area (Å²) in [5.41, 5.74) is 2.00. The molecule has 0 radical (unpaired) electrons. The van der Waals surface area contributed by atoms with Crippen LogP contribution in [0.15, 0.2) is 78.9 Å². The Morgan fingerprint density at radius 3 is 2.31 bits per heavy atom. The van der Waals surface area contributed by atoms with Crippen molar-refractivity contribution in [3.8, 4) is 0 Å². The summed E-state index contributed by atoms with van der Waals surface area (Å²) in [5, 5.41) is 0.617. The molecule has 3 aromatic rings. The van der Waals surface area contributed by atoms with E-state index in [1.807, 2.05) is 88.7 Å². The summed E-state index contributed by atoms with van der Waals surface area (Å²) >= 11 is 6.15. The van der Waals surface area contributed by atoms with Crippen molar-refractivity contribution in [3.05, 3.63) is 106 Å². The highest BCUT2D eigenvalue weighted by Gasteiger charge is 2.57. The van der Waals surface area contributed by atoms with Gasteiger partial charge in [0, 0.05) is 40.4 Å². The van der Waals surface area contributed by atoms with Gasteiger partial charge in [-0.3, -0.25) is 9.59 Å². The van der Waals surface area contributed by atoms with Crippen molar-refractivity contribution >= 4 is 23.4 Å². The number of hydrogen-bond donors (Lipinski definition) is 0. The maximum Gasteiger partial charge on any atom is 0.256 e. The van der Waals surface area contributed by atoms with Crippen LogP contribution in [0.25, 0.3) is 0 Å². The quantitative estimate of drug-likeness (QED) is 0.631. The molecule has 0 aromatic heterocycles. The standard InChI is InChI=1S/C24H19ClN2O2/c25-19-13-11-18(12-14-19)24-21-10-5-4-9-20(21)23(29)27(24)16-6-15-26(24)22(28)17-7-2-1-3-8-17/h1-5,7-14H,6,15-16H2. The maximum atomic E-state index is 13.7. The first kappa shape index (κ1) is 18.0. The molecule has 0 saturated carbocycles. The summed E-state index contributed by atoms with van der Waals surface area (Å²) in [4.78, 5) is 30.7. The van der Waals surface area contributed by atoms with Gasteiger partial charge in [-0.1, -0.05) is 60.1 Å².